The van der Waals surface area contributed by atoms with E-state index in [0.29, 0.717) is 10.8 Å². The van der Waals surface area contributed by atoms with Crippen LogP contribution in [0, 0.1) is 0 Å². The van der Waals surface area contributed by atoms with E-state index in [2.05, 4.69) is 15.2 Å². The number of carbonyl (C=O) groups excluding carboxylic acids is 1. The molecule has 0 bridgehead atoms. The van der Waals surface area contributed by atoms with Crippen LogP contribution in [-0.4, -0.2) is 21.0 Å². The van der Waals surface area contributed by atoms with Gasteiger partial charge in [-0.05, 0) is 24.3 Å². The summed E-state index contributed by atoms with van der Waals surface area (Å²) in [6.07, 6.45) is 1.42. The van der Waals surface area contributed by atoms with Crippen molar-refractivity contribution in [1.29, 1.82) is 0 Å². The Kier molecular flexibility index (Phi) is 2.92. The van der Waals surface area contributed by atoms with Gasteiger partial charge in [0.25, 0.3) is 0 Å². The third-order valence-corrected chi connectivity index (χ3v) is 2.28. The predicted molar refractivity (Wildman–Crippen MR) is 60.3 cm³/mol. The van der Waals surface area contributed by atoms with Crippen LogP contribution in [0.25, 0.3) is 11.4 Å². The molecule has 1 heterocycles. The summed E-state index contributed by atoms with van der Waals surface area (Å²) in [5.74, 6) is 0.323. The Morgan fingerprint density at radius 2 is 1.88 bits per heavy atom. The molecule has 0 saturated heterocycles. The Morgan fingerprint density at radius 3 is 2.38 bits per heavy atom. The first-order valence-electron chi connectivity index (χ1n) is 4.63. The van der Waals surface area contributed by atoms with Gasteiger partial charge in [0, 0.05) is 17.5 Å². The van der Waals surface area contributed by atoms with Crippen molar-refractivity contribution in [3.63, 3.8) is 0 Å². The second kappa shape index (κ2) is 4.37. The standard InChI is InChI=1S/C11H8ClN3O/c1-7(16)10-6-13-11(15-14-10)8-2-4-9(12)5-3-8/h2-6H,1H3. The SMILES string of the molecule is CC(=O)c1cnc(-c2ccc(Cl)cc2)nn1. The Bertz CT molecular complexity index is 508. The van der Waals surface area contributed by atoms with E-state index >= 15 is 0 Å². The van der Waals surface area contributed by atoms with Gasteiger partial charge in [-0.3, -0.25) is 4.79 Å². The Labute approximate surface area is 97.3 Å². The molecule has 0 aliphatic heterocycles. The molecule has 0 N–H and O–H groups in total. The smallest absolute Gasteiger partial charge is 0.181 e. The molecule has 80 valence electrons. The summed E-state index contributed by atoms with van der Waals surface area (Å²) in [6.45, 7) is 1.42. The number of ketones is 1. The zero-order valence-electron chi connectivity index (χ0n) is 8.51. The lowest BCUT2D eigenvalue weighted by Gasteiger charge is -1.99. The van der Waals surface area contributed by atoms with E-state index in [0.717, 1.165) is 5.56 Å². The molecule has 16 heavy (non-hydrogen) atoms. The van der Waals surface area contributed by atoms with Gasteiger partial charge in [0.1, 0.15) is 5.69 Å². The second-order valence-electron chi connectivity index (χ2n) is 3.23. The first-order chi connectivity index (χ1) is 7.66. The van der Waals surface area contributed by atoms with E-state index in [1.54, 1.807) is 24.3 Å². The van der Waals surface area contributed by atoms with E-state index < -0.39 is 0 Å². The van der Waals surface area contributed by atoms with Gasteiger partial charge < -0.3 is 0 Å². The molecule has 0 amide bonds. The van der Waals surface area contributed by atoms with Crippen LogP contribution in [0.15, 0.2) is 30.5 Å². The first-order valence-corrected chi connectivity index (χ1v) is 5.01. The van der Waals surface area contributed by atoms with E-state index in [1.807, 2.05) is 0 Å². The van der Waals surface area contributed by atoms with Crippen molar-refractivity contribution in [2.75, 3.05) is 0 Å². The minimum Gasteiger partial charge on any atom is -0.293 e. The van der Waals surface area contributed by atoms with Gasteiger partial charge in [0.15, 0.2) is 11.6 Å². The Hall–Kier alpha value is -1.81. The average molecular weight is 234 g/mol. The van der Waals surface area contributed by atoms with Crippen LogP contribution < -0.4 is 0 Å². The topological polar surface area (TPSA) is 55.7 Å². The van der Waals surface area contributed by atoms with Crippen molar-refractivity contribution < 1.29 is 4.79 Å². The van der Waals surface area contributed by atoms with E-state index in [9.17, 15) is 4.79 Å². The number of aromatic nitrogens is 3. The molecule has 4 nitrogen and oxygen atoms in total. The maximum Gasteiger partial charge on any atom is 0.181 e. The molecular weight excluding hydrogens is 226 g/mol. The molecule has 1 aromatic heterocycles. The van der Waals surface area contributed by atoms with E-state index in [-0.39, 0.29) is 11.5 Å². The van der Waals surface area contributed by atoms with Gasteiger partial charge in [0.2, 0.25) is 0 Å². The van der Waals surface area contributed by atoms with Crippen molar-refractivity contribution in [3.05, 3.63) is 41.2 Å². The number of Topliss-reactive ketones (excluding diaryl/α,β-unsaturated/α-hetero) is 1. The van der Waals surface area contributed by atoms with Crippen LogP contribution in [-0.2, 0) is 0 Å². The lowest BCUT2D eigenvalue weighted by atomic mass is 10.2. The molecule has 2 rings (SSSR count). The molecule has 0 spiro atoms. The number of carbonyl (C=O) groups is 1. The summed E-state index contributed by atoms with van der Waals surface area (Å²) in [5, 5.41) is 8.31. The minimum absolute atomic E-state index is 0.150. The van der Waals surface area contributed by atoms with Crippen LogP contribution in [0.4, 0.5) is 0 Å². The van der Waals surface area contributed by atoms with Crippen molar-refractivity contribution in [2.45, 2.75) is 6.92 Å². The number of halogens is 1. The molecule has 0 radical (unpaired) electrons. The number of nitrogens with zero attached hydrogens (tertiary/aromatic N) is 3. The highest BCUT2D eigenvalue weighted by Gasteiger charge is 2.05. The van der Waals surface area contributed by atoms with Crippen molar-refractivity contribution in [1.82, 2.24) is 15.2 Å². The van der Waals surface area contributed by atoms with Crippen molar-refractivity contribution >= 4 is 17.4 Å². The molecule has 0 fully saturated rings. The van der Waals surface area contributed by atoms with Gasteiger partial charge in [-0.25, -0.2) is 4.98 Å². The zero-order valence-corrected chi connectivity index (χ0v) is 9.27. The molecule has 0 saturated carbocycles. The summed E-state index contributed by atoms with van der Waals surface area (Å²) in [5.41, 5.74) is 1.07. The van der Waals surface area contributed by atoms with Gasteiger partial charge >= 0.3 is 0 Å². The highest BCUT2D eigenvalue weighted by atomic mass is 35.5. The monoisotopic (exact) mass is 233 g/mol. The van der Waals surface area contributed by atoms with Crippen LogP contribution in [0.3, 0.4) is 0 Å². The molecule has 1 aromatic carbocycles. The van der Waals surface area contributed by atoms with Gasteiger partial charge in [0.05, 0.1) is 6.20 Å². The maximum absolute atomic E-state index is 11.0. The quantitative estimate of drug-likeness (QED) is 0.748. The highest BCUT2D eigenvalue weighted by molar-refractivity contribution is 6.30. The molecule has 0 atom stereocenters. The maximum atomic E-state index is 11.0. The minimum atomic E-state index is -0.150. The van der Waals surface area contributed by atoms with Crippen molar-refractivity contribution in [2.24, 2.45) is 0 Å². The molecular formula is C11H8ClN3O. The highest BCUT2D eigenvalue weighted by Crippen LogP contribution is 2.16. The second-order valence-corrected chi connectivity index (χ2v) is 3.67. The normalized spacial score (nSPS) is 10.1. The predicted octanol–water partition coefficient (Wildman–Crippen LogP) is 2.39. The summed E-state index contributed by atoms with van der Waals surface area (Å²) < 4.78 is 0. The fourth-order valence-corrected chi connectivity index (χ4v) is 1.29. The lowest BCUT2D eigenvalue weighted by molar-refractivity contribution is 0.101. The third-order valence-electron chi connectivity index (χ3n) is 2.02. The molecule has 0 unspecified atom stereocenters. The summed E-state index contributed by atoms with van der Waals surface area (Å²) in [4.78, 5) is 15.0. The number of hydrogen-bond donors (Lipinski definition) is 0. The fourth-order valence-electron chi connectivity index (χ4n) is 1.17. The molecule has 0 aliphatic rings. The fraction of sp³-hybridized carbons (Fsp3) is 0.0909. The Morgan fingerprint density at radius 1 is 1.19 bits per heavy atom. The third kappa shape index (κ3) is 2.23. The lowest BCUT2D eigenvalue weighted by Crippen LogP contribution is -2.01. The summed E-state index contributed by atoms with van der Waals surface area (Å²) in [6, 6.07) is 7.10. The van der Waals surface area contributed by atoms with Crippen LogP contribution >= 0.6 is 11.6 Å². The molecule has 2 aromatic rings. The summed E-state index contributed by atoms with van der Waals surface area (Å²) >= 11 is 5.76. The first kappa shape index (κ1) is 10.7. The number of rotatable bonds is 2. The summed E-state index contributed by atoms with van der Waals surface area (Å²) in [7, 11) is 0. The van der Waals surface area contributed by atoms with E-state index in [1.165, 1.54) is 13.1 Å². The molecule has 0 aliphatic carbocycles. The van der Waals surface area contributed by atoms with Gasteiger partial charge in [-0.2, -0.15) is 0 Å². The zero-order chi connectivity index (χ0) is 11.5. The largest absolute Gasteiger partial charge is 0.293 e. The average Bonchev–Trinajstić information content (AvgIpc) is 2.30. The Balaban J connectivity index is 2.34. The van der Waals surface area contributed by atoms with Crippen molar-refractivity contribution in [3.8, 4) is 11.4 Å². The van der Waals surface area contributed by atoms with Crippen LogP contribution in [0.2, 0.25) is 5.02 Å². The number of hydrogen-bond acceptors (Lipinski definition) is 4. The number of benzene rings is 1. The van der Waals surface area contributed by atoms with Gasteiger partial charge in [-0.1, -0.05) is 11.6 Å². The van der Waals surface area contributed by atoms with Crippen LogP contribution in [0.5, 0.6) is 0 Å². The van der Waals surface area contributed by atoms with Gasteiger partial charge in [-0.15, -0.1) is 10.2 Å². The van der Waals surface area contributed by atoms with Crippen LogP contribution in [0.1, 0.15) is 17.4 Å². The molecule has 5 heteroatoms. The van der Waals surface area contributed by atoms with E-state index in [4.69, 9.17) is 11.6 Å².